The number of nitrogens with one attached hydrogen (secondary N) is 3. The number of nitrogens with zero attached hydrogens (tertiary/aromatic N) is 1. The molecule has 0 saturated carbocycles. The molecule has 0 aromatic heterocycles. The Labute approximate surface area is 175 Å². The Balaban J connectivity index is 0.00000240. The first kappa shape index (κ1) is 20.8. The molecule has 1 unspecified atom stereocenters. The van der Waals surface area contributed by atoms with Crippen molar-refractivity contribution < 1.29 is 14.4 Å². The molecule has 4 rings (SSSR count). The van der Waals surface area contributed by atoms with Crippen molar-refractivity contribution in [2.45, 2.75) is 25.3 Å². The first-order valence-electron chi connectivity index (χ1n) is 9.44. The van der Waals surface area contributed by atoms with Crippen molar-refractivity contribution in [1.82, 2.24) is 16.1 Å². The van der Waals surface area contributed by atoms with Crippen molar-refractivity contribution in [3.05, 3.63) is 65.2 Å². The fraction of sp³-hybridized carbons (Fsp3) is 0.286. The van der Waals surface area contributed by atoms with Gasteiger partial charge in [0, 0.05) is 31.0 Å². The summed E-state index contributed by atoms with van der Waals surface area (Å²) in [6.45, 7) is 1.39. The molecule has 2 heterocycles. The molecule has 152 valence electrons. The van der Waals surface area contributed by atoms with Gasteiger partial charge in [0.25, 0.3) is 5.91 Å². The van der Waals surface area contributed by atoms with Crippen LogP contribution in [0.1, 0.15) is 40.4 Å². The van der Waals surface area contributed by atoms with E-state index in [0.717, 1.165) is 13.0 Å². The number of hydrogen-bond donors (Lipinski definition) is 3. The summed E-state index contributed by atoms with van der Waals surface area (Å²) in [5.74, 6) is -0.536. The van der Waals surface area contributed by atoms with Gasteiger partial charge in [-0.15, -0.1) is 12.4 Å². The van der Waals surface area contributed by atoms with Crippen molar-refractivity contribution in [2.24, 2.45) is 0 Å². The molecule has 2 aliphatic heterocycles. The number of anilines is 1. The number of rotatable bonds is 4. The van der Waals surface area contributed by atoms with E-state index >= 15 is 0 Å². The number of hydrogen-bond acceptors (Lipinski definition) is 4. The van der Waals surface area contributed by atoms with Gasteiger partial charge in [-0.25, -0.2) is 5.01 Å². The molecule has 1 saturated heterocycles. The van der Waals surface area contributed by atoms with E-state index in [1.165, 1.54) is 16.1 Å². The first-order chi connectivity index (χ1) is 13.6. The number of carbonyl (C=O) groups excluding carboxylic acids is 3. The third-order valence-electron chi connectivity index (χ3n) is 5.12. The largest absolute Gasteiger partial charge is 0.350 e. The van der Waals surface area contributed by atoms with E-state index in [9.17, 15) is 14.4 Å². The van der Waals surface area contributed by atoms with Crippen molar-refractivity contribution >= 4 is 35.8 Å². The average molecular weight is 415 g/mol. The Bertz CT molecular complexity index is 916. The van der Waals surface area contributed by atoms with Crippen LogP contribution in [-0.2, 0) is 16.0 Å². The molecule has 0 bridgehead atoms. The van der Waals surface area contributed by atoms with Crippen molar-refractivity contribution in [1.29, 1.82) is 0 Å². The van der Waals surface area contributed by atoms with Crippen LogP contribution >= 0.6 is 12.4 Å². The van der Waals surface area contributed by atoms with Crippen molar-refractivity contribution in [2.75, 3.05) is 18.1 Å². The molecule has 7 nitrogen and oxygen atoms in total. The minimum absolute atomic E-state index is 0. The smallest absolute Gasteiger partial charge is 0.251 e. The molecule has 8 heteroatoms. The highest BCUT2D eigenvalue weighted by atomic mass is 35.5. The molecule has 2 aromatic carbocycles. The highest BCUT2D eigenvalue weighted by molar-refractivity contribution is 6.01. The molecule has 0 aliphatic carbocycles. The maximum atomic E-state index is 12.5. The first-order valence-corrected chi connectivity index (χ1v) is 9.44. The maximum absolute atomic E-state index is 12.5. The lowest BCUT2D eigenvalue weighted by Gasteiger charge is -2.27. The summed E-state index contributed by atoms with van der Waals surface area (Å²) in [7, 11) is 0. The van der Waals surface area contributed by atoms with Crippen LogP contribution in [0, 0.1) is 0 Å². The van der Waals surface area contributed by atoms with Crippen LogP contribution in [0.25, 0.3) is 0 Å². The van der Waals surface area contributed by atoms with Gasteiger partial charge in [0.1, 0.15) is 0 Å². The van der Waals surface area contributed by atoms with Crippen molar-refractivity contribution in [3.8, 4) is 0 Å². The number of carbonyl (C=O) groups is 3. The molecule has 2 aromatic rings. The van der Waals surface area contributed by atoms with E-state index in [4.69, 9.17) is 0 Å². The molecular weight excluding hydrogens is 392 g/mol. The lowest BCUT2D eigenvalue weighted by atomic mass is 9.94. The Morgan fingerprint density at radius 2 is 1.79 bits per heavy atom. The number of hydrazine groups is 1. The zero-order valence-corrected chi connectivity index (χ0v) is 16.6. The highest BCUT2D eigenvalue weighted by Gasteiger charge is 2.24. The van der Waals surface area contributed by atoms with E-state index in [-0.39, 0.29) is 49.0 Å². The molecule has 29 heavy (non-hydrogen) atoms. The van der Waals surface area contributed by atoms with Gasteiger partial charge in [-0.1, -0.05) is 24.3 Å². The third kappa shape index (κ3) is 4.58. The van der Waals surface area contributed by atoms with E-state index in [2.05, 4.69) is 28.2 Å². The normalized spacial score (nSPS) is 18.3. The van der Waals surface area contributed by atoms with Crippen LogP contribution in [-0.4, -0.2) is 30.8 Å². The molecule has 2 aliphatic rings. The van der Waals surface area contributed by atoms with Gasteiger partial charge in [0.05, 0.1) is 5.69 Å². The summed E-state index contributed by atoms with van der Waals surface area (Å²) in [6.07, 6.45) is 1.38. The van der Waals surface area contributed by atoms with Crippen LogP contribution in [0.2, 0.25) is 0 Å². The summed E-state index contributed by atoms with van der Waals surface area (Å²) in [4.78, 5) is 36.0. The highest BCUT2D eigenvalue weighted by Crippen LogP contribution is 2.22. The summed E-state index contributed by atoms with van der Waals surface area (Å²) in [5, 5.41) is 7.65. The van der Waals surface area contributed by atoms with Crippen molar-refractivity contribution in [3.63, 3.8) is 0 Å². The minimum atomic E-state index is -0.193. The average Bonchev–Trinajstić information content (AvgIpc) is 2.74. The monoisotopic (exact) mass is 414 g/mol. The van der Waals surface area contributed by atoms with Gasteiger partial charge in [-0.3, -0.25) is 19.8 Å². The van der Waals surface area contributed by atoms with E-state index in [1.807, 2.05) is 12.1 Å². The van der Waals surface area contributed by atoms with E-state index < -0.39 is 0 Å². The number of fused-ring (bicyclic) bond motifs is 1. The second-order valence-electron chi connectivity index (χ2n) is 6.98. The minimum Gasteiger partial charge on any atom is -0.350 e. The fourth-order valence-corrected chi connectivity index (χ4v) is 3.62. The molecule has 1 fully saturated rings. The number of halogens is 1. The number of benzene rings is 2. The summed E-state index contributed by atoms with van der Waals surface area (Å²) < 4.78 is 0. The summed E-state index contributed by atoms with van der Waals surface area (Å²) >= 11 is 0. The zero-order valence-electron chi connectivity index (χ0n) is 15.8. The van der Waals surface area contributed by atoms with Crippen LogP contribution in [0.5, 0.6) is 0 Å². The second kappa shape index (κ2) is 9.07. The summed E-state index contributed by atoms with van der Waals surface area (Å²) in [5.41, 5.74) is 6.13. The SMILES string of the molecule is Cl.O=C1CCC(=O)N(c2ccc(C(=O)NCC3NCCc4ccccc43)cc2)N1. The predicted molar refractivity (Wildman–Crippen MR) is 112 cm³/mol. The lowest BCUT2D eigenvalue weighted by Crippen LogP contribution is -2.50. The Hall–Kier alpha value is -2.90. The Morgan fingerprint density at radius 1 is 1.03 bits per heavy atom. The topological polar surface area (TPSA) is 90.5 Å². The predicted octanol–water partition coefficient (Wildman–Crippen LogP) is 1.88. The van der Waals surface area contributed by atoms with E-state index in [0.29, 0.717) is 17.8 Å². The van der Waals surface area contributed by atoms with Gasteiger partial charge in [-0.2, -0.15) is 0 Å². The molecule has 0 radical (unpaired) electrons. The quantitative estimate of drug-likeness (QED) is 0.712. The molecule has 3 N–H and O–H groups in total. The second-order valence-corrected chi connectivity index (χ2v) is 6.98. The van der Waals surface area contributed by atoms with Crippen LogP contribution in [0.4, 0.5) is 5.69 Å². The lowest BCUT2D eigenvalue weighted by molar-refractivity contribution is -0.130. The fourth-order valence-electron chi connectivity index (χ4n) is 3.62. The molecule has 3 amide bonds. The van der Waals surface area contributed by atoms with Crippen LogP contribution < -0.4 is 21.1 Å². The van der Waals surface area contributed by atoms with Gasteiger partial charge in [0.2, 0.25) is 11.8 Å². The van der Waals surface area contributed by atoms with Crippen LogP contribution in [0.15, 0.2) is 48.5 Å². The van der Waals surface area contributed by atoms with Gasteiger partial charge < -0.3 is 10.6 Å². The standard InChI is InChI=1S/C21H22N4O3.ClH/c26-19-9-10-20(27)25(24-19)16-7-5-15(6-8-16)21(28)23-13-18-17-4-2-1-3-14(17)11-12-22-18;/h1-8,18,22H,9-13H2,(H,23,28)(H,24,26);1H. The van der Waals surface area contributed by atoms with Gasteiger partial charge in [-0.05, 0) is 48.4 Å². The third-order valence-corrected chi connectivity index (χ3v) is 5.12. The number of amides is 3. The van der Waals surface area contributed by atoms with Gasteiger partial charge >= 0.3 is 0 Å². The Morgan fingerprint density at radius 3 is 2.59 bits per heavy atom. The Kier molecular flexibility index (Phi) is 6.51. The zero-order chi connectivity index (χ0) is 19.5. The van der Waals surface area contributed by atoms with Crippen LogP contribution in [0.3, 0.4) is 0 Å². The molecular formula is C21H23ClN4O3. The van der Waals surface area contributed by atoms with Gasteiger partial charge in [0.15, 0.2) is 0 Å². The van der Waals surface area contributed by atoms with E-state index in [1.54, 1.807) is 24.3 Å². The molecule has 1 atom stereocenters. The summed E-state index contributed by atoms with van der Waals surface area (Å²) in [6, 6.07) is 15.0. The molecule has 0 spiro atoms. The maximum Gasteiger partial charge on any atom is 0.251 e.